The molecule has 0 N–H and O–H groups in total. The predicted octanol–water partition coefficient (Wildman–Crippen LogP) is 3.76. The van der Waals surface area contributed by atoms with Crippen molar-refractivity contribution in [1.82, 2.24) is 4.98 Å². The SMILES string of the molecule is CCOC(=O)c1cc(-c2ccc(Cl)cc2)cc(C(=O)OCC)n1. The minimum Gasteiger partial charge on any atom is -0.461 e. The summed E-state index contributed by atoms with van der Waals surface area (Å²) in [7, 11) is 0. The number of aromatic nitrogens is 1. The molecular weight excluding hydrogens is 318 g/mol. The number of carbonyl (C=O) groups excluding carboxylic acids is 2. The molecule has 0 atom stereocenters. The summed E-state index contributed by atoms with van der Waals surface area (Å²) in [4.78, 5) is 28.0. The van der Waals surface area contributed by atoms with Crippen LogP contribution in [0.4, 0.5) is 0 Å². The first-order chi connectivity index (χ1) is 11.0. The fraction of sp³-hybridized carbons (Fsp3) is 0.235. The van der Waals surface area contributed by atoms with Crippen LogP contribution < -0.4 is 0 Å². The molecule has 1 aromatic carbocycles. The number of halogens is 1. The van der Waals surface area contributed by atoms with Crippen molar-refractivity contribution in [3.63, 3.8) is 0 Å². The van der Waals surface area contributed by atoms with E-state index in [2.05, 4.69) is 4.98 Å². The highest BCUT2D eigenvalue weighted by Crippen LogP contribution is 2.23. The standard InChI is InChI=1S/C17H16ClNO4/c1-3-22-16(20)14-9-12(11-5-7-13(18)8-6-11)10-15(19-14)17(21)23-4-2/h5-10H,3-4H2,1-2H3. The van der Waals surface area contributed by atoms with Gasteiger partial charge in [-0.2, -0.15) is 0 Å². The topological polar surface area (TPSA) is 65.5 Å². The molecular formula is C17H16ClNO4. The van der Waals surface area contributed by atoms with Gasteiger partial charge in [-0.15, -0.1) is 0 Å². The van der Waals surface area contributed by atoms with Crippen molar-refractivity contribution in [2.75, 3.05) is 13.2 Å². The second kappa shape index (κ2) is 7.74. The fourth-order valence-electron chi connectivity index (χ4n) is 1.96. The van der Waals surface area contributed by atoms with Crippen LogP contribution in [0.5, 0.6) is 0 Å². The average molecular weight is 334 g/mol. The highest BCUT2D eigenvalue weighted by atomic mass is 35.5. The smallest absolute Gasteiger partial charge is 0.356 e. The zero-order chi connectivity index (χ0) is 16.8. The second-order valence-corrected chi connectivity index (χ2v) is 5.01. The summed E-state index contributed by atoms with van der Waals surface area (Å²) in [6.07, 6.45) is 0. The Morgan fingerprint density at radius 3 is 1.83 bits per heavy atom. The number of hydrogen-bond acceptors (Lipinski definition) is 5. The normalized spacial score (nSPS) is 10.2. The summed E-state index contributed by atoms with van der Waals surface area (Å²) in [6, 6.07) is 10.2. The summed E-state index contributed by atoms with van der Waals surface area (Å²) in [6.45, 7) is 3.85. The molecule has 2 rings (SSSR count). The molecule has 23 heavy (non-hydrogen) atoms. The van der Waals surface area contributed by atoms with Gasteiger partial charge in [-0.1, -0.05) is 23.7 Å². The molecule has 2 aromatic rings. The number of benzene rings is 1. The van der Waals surface area contributed by atoms with Gasteiger partial charge in [0.05, 0.1) is 13.2 Å². The van der Waals surface area contributed by atoms with Gasteiger partial charge in [0, 0.05) is 5.02 Å². The lowest BCUT2D eigenvalue weighted by atomic mass is 10.0. The number of ether oxygens (including phenoxy) is 2. The summed E-state index contributed by atoms with van der Waals surface area (Å²) < 4.78 is 9.92. The van der Waals surface area contributed by atoms with Crippen LogP contribution in [0.25, 0.3) is 11.1 Å². The molecule has 5 nitrogen and oxygen atoms in total. The van der Waals surface area contributed by atoms with E-state index in [1.54, 1.807) is 50.2 Å². The van der Waals surface area contributed by atoms with Crippen molar-refractivity contribution in [2.45, 2.75) is 13.8 Å². The van der Waals surface area contributed by atoms with E-state index in [1.807, 2.05) is 0 Å². The third-order valence-electron chi connectivity index (χ3n) is 2.97. The molecule has 1 aromatic heterocycles. The molecule has 6 heteroatoms. The summed E-state index contributed by atoms with van der Waals surface area (Å²) in [5.41, 5.74) is 1.57. The molecule has 0 radical (unpaired) electrons. The quantitative estimate of drug-likeness (QED) is 0.779. The van der Waals surface area contributed by atoms with Crippen LogP contribution in [0.1, 0.15) is 34.8 Å². The number of rotatable bonds is 5. The average Bonchev–Trinajstić information content (AvgIpc) is 2.55. The van der Waals surface area contributed by atoms with Crippen LogP contribution in [0, 0.1) is 0 Å². The summed E-state index contributed by atoms with van der Waals surface area (Å²) in [5.74, 6) is -1.18. The Hall–Kier alpha value is -2.40. The Balaban J connectivity index is 2.50. The Morgan fingerprint density at radius 2 is 1.39 bits per heavy atom. The van der Waals surface area contributed by atoms with Crippen molar-refractivity contribution >= 4 is 23.5 Å². The van der Waals surface area contributed by atoms with Crippen molar-refractivity contribution < 1.29 is 19.1 Å². The number of esters is 2. The zero-order valence-electron chi connectivity index (χ0n) is 12.8. The molecule has 0 fully saturated rings. The summed E-state index contributed by atoms with van der Waals surface area (Å²) in [5, 5.41) is 0.596. The number of nitrogens with zero attached hydrogens (tertiary/aromatic N) is 1. The van der Waals surface area contributed by atoms with Gasteiger partial charge >= 0.3 is 11.9 Å². The minimum absolute atomic E-state index is 0.0577. The van der Waals surface area contributed by atoms with Crippen molar-refractivity contribution in [3.05, 3.63) is 52.8 Å². The van der Waals surface area contributed by atoms with Crippen LogP contribution in [-0.2, 0) is 9.47 Å². The highest BCUT2D eigenvalue weighted by Gasteiger charge is 2.17. The molecule has 0 aliphatic heterocycles. The Bertz CT molecular complexity index is 677. The molecule has 0 spiro atoms. The molecule has 0 amide bonds. The van der Waals surface area contributed by atoms with E-state index in [-0.39, 0.29) is 24.6 Å². The van der Waals surface area contributed by atoms with Gasteiger partial charge in [0.2, 0.25) is 0 Å². The van der Waals surface area contributed by atoms with Gasteiger partial charge < -0.3 is 9.47 Å². The maximum absolute atomic E-state index is 12.0. The van der Waals surface area contributed by atoms with Gasteiger partial charge in [0.15, 0.2) is 0 Å². The van der Waals surface area contributed by atoms with E-state index in [9.17, 15) is 9.59 Å². The molecule has 0 unspecified atom stereocenters. The Labute approximate surface area is 139 Å². The third kappa shape index (κ3) is 4.29. The van der Waals surface area contributed by atoms with Crippen LogP contribution >= 0.6 is 11.6 Å². The first-order valence-corrected chi connectivity index (χ1v) is 7.55. The van der Waals surface area contributed by atoms with Crippen molar-refractivity contribution in [2.24, 2.45) is 0 Å². The van der Waals surface area contributed by atoms with Crippen LogP contribution in [0.15, 0.2) is 36.4 Å². The van der Waals surface area contributed by atoms with E-state index in [0.29, 0.717) is 10.6 Å². The van der Waals surface area contributed by atoms with Gasteiger partial charge in [-0.3, -0.25) is 0 Å². The molecule has 0 bridgehead atoms. The van der Waals surface area contributed by atoms with Gasteiger partial charge in [-0.05, 0) is 49.2 Å². The van der Waals surface area contributed by atoms with E-state index < -0.39 is 11.9 Å². The van der Waals surface area contributed by atoms with E-state index >= 15 is 0 Å². The lowest BCUT2D eigenvalue weighted by molar-refractivity contribution is 0.0511. The number of pyridine rings is 1. The summed E-state index contributed by atoms with van der Waals surface area (Å²) >= 11 is 5.88. The fourth-order valence-corrected chi connectivity index (χ4v) is 2.08. The number of hydrogen-bond donors (Lipinski definition) is 0. The molecule has 0 saturated heterocycles. The van der Waals surface area contributed by atoms with E-state index in [1.165, 1.54) is 0 Å². The lowest BCUT2D eigenvalue weighted by Crippen LogP contribution is -2.13. The van der Waals surface area contributed by atoms with E-state index in [4.69, 9.17) is 21.1 Å². The van der Waals surface area contributed by atoms with E-state index in [0.717, 1.165) is 5.56 Å². The maximum atomic E-state index is 12.0. The number of carbonyl (C=O) groups is 2. The van der Waals surface area contributed by atoms with Gasteiger partial charge in [0.25, 0.3) is 0 Å². The molecule has 120 valence electrons. The van der Waals surface area contributed by atoms with Crippen molar-refractivity contribution in [3.8, 4) is 11.1 Å². The highest BCUT2D eigenvalue weighted by molar-refractivity contribution is 6.30. The second-order valence-electron chi connectivity index (χ2n) is 4.57. The largest absolute Gasteiger partial charge is 0.461 e. The zero-order valence-corrected chi connectivity index (χ0v) is 13.6. The Morgan fingerprint density at radius 1 is 0.913 bits per heavy atom. The molecule has 1 heterocycles. The molecule has 0 aliphatic rings. The van der Waals surface area contributed by atoms with Gasteiger partial charge in [-0.25, -0.2) is 14.6 Å². The first-order valence-electron chi connectivity index (χ1n) is 7.17. The minimum atomic E-state index is -0.589. The monoisotopic (exact) mass is 333 g/mol. The molecule has 0 aliphatic carbocycles. The predicted molar refractivity (Wildman–Crippen MR) is 86.6 cm³/mol. The van der Waals surface area contributed by atoms with Gasteiger partial charge in [0.1, 0.15) is 11.4 Å². The molecule has 0 saturated carbocycles. The maximum Gasteiger partial charge on any atom is 0.356 e. The first kappa shape index (κ1) is 17.0. The lowest BCUT2D eigenvalue weighted by Gasteiger charge is -2.09. The Kier molecular flexibility index (Phi) is 5.71. The van der Waals surface area contributed by atoms with Crippen LogP contribution in [-0.4, -0.2) is 30.1 Å². The van der Waals surface area contributed by atoms with Crippen molar-refractivity contribution in [1.29, 1.82) is 0 Å². The third-order valence-corrected chi connectivity index (χ3v) is 3.22. The van der Waals surface area contributed by atoms with Crippen LogP contribution in [0.3, 0.4) is 0 Å². The van der Waals surface area contributed by atoms with Crippen LogP contribution in [0.2, 0.25) is 5.02 Å².